The van der Waals surface area contributed by atoms with Gasteiger partial charge in [-0.25, -0.2) is 9.18 Å². The zero-order valence-electron chi connectivity index (χ0n) is 19.4. The minimum absolute atomic E-state index is 0.0121. The number of unbranched alkanes of at least 4 members (excludes halogenated alkanes) is 5. The predicted octanol–water partition coefficient (Wildman–Crippen LogP) is 6.95. The van der Waals surface area contributed by atoms with E-state index in [1.807, 2.05) is 0 Å². The highest BCUT2D eigenvalue weighted by molar-refractivity contribution is 6.30. The van der Waals surface area contributed by atoms with Gasteiger partial charge in [0.05, 0.1) is 12.2 Å². The summed E-state index contributed by atoms with van der Waals surface area (Å²) in [6.07, 6.45) is 7.14. The van der Waals surface area contributed by atoms with Crippen LogP contribution in [0.15, 0.2) is 42.5 Å². The number of benzene rings is 2. The summed E-state index contributed by atoms with van der Waals surface area (Å²) in [5.74, 6) is -1.80. The highest BCUT2D eigenvalue weighted by atomic mass is 35.5. The van der Waals surface area contributed by atoms with E-state index < -0.39 is 23.1 Å². The van der Waals surface area contributed by atoms with Gasteiger partial charge in [-0.1, -0.05) is 52.9 Å². The number of halogens is 2. The van der Waals surface area contributed by atoms with Gasteiger partial charge < -0.3 is 14.2 Å². The van der Waals surface area contributed by atoms with Gasteiger partial charge in [-0.2, -0.15) is 0 Å². The highest BCUT2D eigenvalue weighted by Crippen LogP contribution is 2.23. The second kappa shape index (κ2) is 13.8. The number of hydrogen-bond donors (Lipinski definition) is 0. The van der Waals surface area contributed by atoms with Gasteiger partial charge >= 0.3 is 11.9 Å². The Kier molecular flexibility index (Phi) is 11.2. The molecule has 0 aliphatic carbocycles. The van der Waals surface area contributed by atoms with Gasteiger partial charge in [0.25, 0.3) is 0 Å². The van der Waals surface area contributed by atoms with Crippen LogP contribution in [0.3, 0.4) is 0 Å². The van der Waals surface area contributed by atoms with Gasteiger partial charge in [-0.15, -0.1) is 11.6 Å². The Morgan fingerprint density at radius 3 is 2.18 bits per heavy atom. The Balaban J connectivity index is 1.84. The molecule has 2 aromatic rings. The van der Waals surface area contributed by atoms with Crippen LogP contribution < -0.4 is 14.2 Å². The number of esters is 2. The second-order valence-electron chi connectivity index (χ2n) is 8.19. The lowest BCUT2D eigenvalue weighted by molar-refractivity contribution is -0.134. The fourth-order valence-electron chi connectivity index (χ4n) is 2.99. The molecule has 180 valence electrons. The van der Waals surface area contributed by atoms with Crippen molar-refractivity contribution in [3.05, 3.63) is 53.8 Å². The lowest BCUT2D eigenvalue weighted by atomic mass is 10.1. The van der Waals surface area contributed by atoms with E-state index in [1.54, 1.807) is 38.1 Å². The van der Waals surface area contributed by atoms with Gasteiger partial charge in [0.15, 0.2) is 11.6 Å². The molecule has 0 heterocycles. The smallest absolute Gasteiger partial charge is 0.343 e. The van der Waals surface area contributed by atoms with Gasteiger partial charge in [-0.3, -0.25) is 4.79 Å². The van der Waals surface area contributed by atoms with Crippen LogP contribution in [-0.4, -0.2) is 23.9 Å². The number of ether oxygens (including phenoxy) is 3. The fraction of sp³-hybridized carbons (Fsp3) is 0.462. The van der Waals surface area contributed by atoms with E-state index in [0.29, 0.717) is 18.1 Å². The first-order chi connectivity index (χ1) is 15.8. The van der Waals surface area contributed by atoms with Crippen LogP contribution in [0, 0.1) is 11.7 Å². The molecular weight excluding hydrogens is 447 g/mol. The first-order valence-corrected chi connectivity index (χ1v) is 11.9. The Bertz CT molecular complexity index is 898. The summed E-state index contributed by atoms with van der Waals surface area (Å²) in [5.41, 5.74) is -0.0121. The molecule has 0 spiro atoms. The van der Waals surface area contributed by atoms with E-state index in [4.69, 9.17) is 25.8 Å². The van der Waals surface area contributed by atoms with Crippen molar-refractivity contribution >= 4 is 23.5 Å². The third kappa shape index (κ3) is 9.04. The molecule has 0 aliphatic heterocycles. The first kappa shape index (κ1) is 26.7. The third-order valence-corrected chi connectivity index (χ3v) is 5.67. The van der Waals surface area contributed by atoms with Crippen molar-refractivity contribution in [2.75, 3.05) is 6.61 Å². The summed E-state index contributed by atoms with van der Waals surface area (Å²) in [7, 11) is 0. The van der Waals surface area contributed by atoms with Crippen LogP contribution in [0.4, 0.5) is 4.39 Å². The van der Waals surface area contributed by atoms with E-state index in [-0.39, 0.29) is 17.2 Å². The second-order valence-corrected chi connectivity index (χ2v) is 8.66. The predicted molar refractivity (Wildman–Crippen MR) is 127 cm³/mol. The van der Waals surface area contributed by atoms with Crippen LogP contribution in [-0.2, 0) is 4.79 Å². The molecule has 0 N–H and O–H groups in total. The number of hydrogen-bond acceptors (Lipinski definition) is 5. The van der Waals surface area contributed by atoms with Crippen molar-refractivity contribution < 1.29 is 28.2 Å². The molecule has 2 rings (SSSR count). The molecule has 1 atom stereocenters. The van der Waals surface area contributed by atoms with Crippen LogP contribution >= 0.6 is 11.6 Å². The van der Waals surface area contributed by atoms with Gasteiger partial charge in [0, 0.05) is 0 Å². The Hall–Kier alpha value is -2.60. The highest BCUT2D eigenvalue weighted by Gasteiger charge is 2.23. The Morgan fingerprint density at radius 2 is 1.55 bits per heavy atom. The third-order valence-electron chi connectivity index (χ3n) is 4.99. The molecule has 5 nitrogen and oxygen atoms in total. The summed E-state index contributed by atoms with van der Waals surface area (Å²) in [6.45, 7) is 6.34. The molecule has 33 heavy (non-hydrogen) atoms. The van der Waals surface area contributed by atoms with Crippen LogP contribution in [0.1, 0.15) is 69.7 Å². The lowest BCUT2D eigenvalue weighted by Gasteiger charge is -2.13. The van der Waals surface area contributed by atoms with Gasteiger partial charge in [0.1, 0.15) is 16.9 Å². The molecule has 1 unspecified atom stereocenters. The molecule has 0 amide bonds. The van der Waals surface area contributed by atoms with Crippen LogP contribution in [0.5, 0.6) is 17.2 Å². The fourth-order valence-corrected chi connectivity index (χ4v) is 3.03. The quantitative estimate of drug-likeness (QED) is 0.135. The van der Waals surface area contributed by atoms with E-state index in [0.717, 1.165) is 18.9 Å². The van der Waals surface area contributed by atoms with Crippen LogP contribution in [0.25, 0.3) is 0 Å². The van der Waals surface area contributed by atoms with Crippen molar-refractivity contribution in [2.45, 2.75) is 64.7 Å². The molecule has 0 radical (unpaired) electrons. The van der Waals surface area contributed by atoms with E-state index >= 15 is 0 Å². The van der Waals surface area contributed by atoms with Gasteiger partial charge in [-0.05, 0) is 54.8 Å². The number of carbonyl (C=O) groups excluding carboxylic acids is 2. The zero-order valence-corrected chi connectivity index (χ0v) is 20.2. The van der Waals surface area contributed by atoms with E-state index in [9.17, 15) is 14.0 Å². The molecule has 0 saturated heterocycles. The summed E-state index contributed by atoms with van der Waals surface area (Å²) in [4.78, 5) is 24.3. The molecular formula is C26H32ClFO5. The lowest BCUT2D eigenvalue weighted by Crippen LogP contribution is -2.25. The molecule has 0 bridgehead atoms. The maximum absolute atomic E-state index is 14.3. The summed E-state index contributed by atoms with van der Waals surface area (Å²) in [6, 6.07) is 10.2. The standard InChI is InChI=1S/C26H32ClFO5/c1-4-5-6-7-8-9-16-31-20-11-13-21(14-12-20)32-25(29)19-10-15-23(22(28)17-19)33-26(30)24(27)18(2)3/h10-15,17-18,24H,4-9,16H2,1-3H3. The first-order valence-electron chi connectivity index (χ1n) is 11.4. The molecule has 7 heteroatoms. The number of carbonyl (C=O) groups is 2. The molecule has 0 aromatic heterocycles. The number of alkyl halides is 1. The van der Waals surface area contributed by atoms with Gasteiger partial charge in [0.2, 0.25) is 0 Å². The SMILES string of the molecule is CCCCCCCCOc1ccc(OC(=O)c2ccc(OC(=O)C(Cl)C(C)C)c(F)c2)cc1. The van der Waals surface area contributed by atoms with Crippen molar-refractivity contribution in [3.8, 4) is 17.2 Å². The molecule has 2 aromatic carbocycles. The van der Waals surface area contributed by atoms with E-state index in [2.05, 4.69) is 6.92 Å². The number of rotatable bonds is 13. The summed E-state index contributed by atoms with van der Waals surface area (Å²) in [5, 5.41) is -0.896. The molecule has 0 saturated carbocycles. The van der Waals surface area contributed by atoms with E-state index in [1.165, 1.54) is 37.8 Å². The largest absolute Gasteiger partial charge is 0.494 e. The van der Waals surface area contributed by atoms with Crippen molar-refractivity contribution in [3.63, 3.8) is 0 Å². The normalized spacial score (nSPS) is 11.8. The topological polar surface area (TPSA) is 61.8 Å². The minimum atomic E-state index is -0.896. The Labute approximate surface area is 200 Å². The van der Waals surface area contributed by atoms with Crippen molar-refractivity contribution in [1.82, 2.24) is 0 Å². The maximum Gasteiger partial charge on any atom is 0.343 e. The van der Waals surface area contributed by atoms with Crippen molar-refractivity contribution in [1.29, 1.82) is 0 Å². The average Bonchev–Trinajstić information content (AvgIpc) is 2.80. The maximum atomic E-state index is 14.3. The molecule has 0 aliphatic rings. The summed E-state index contributed by atoms with van der Waals surface area (Å²) < 4.78 is 30.3. The minimum Gasteiger partial charge on any atom is -0.494 e. The van der Waals surface area contributed by atoms with Crippen molar-refractivity contribution in [2.24, 2.45) is 5.92 Å². The average molecular weight is 479 g/mol. The molecule has 0 fully saturated rings. The van der Waals surface area contributed by atoms with Crippen LogP contribution in [0.2, 0.25) is 0 Å². The summed E-state index contributed by atoms with van der Waals surface area (Å²) >= 11 is 5.93. The Morgan fingerprint density at radius 1 is 0.909 bits per heavy atom. The monoisotopic (exact) mass is 478 g/mol. The zero-order chi connectivity index (χ0) is 24.2.